The van der Waals surface area contributed by atoms with Crippen molar-refractivity contribution in [1.29, 1.82) is 0 Å². The van der Waals surface area contributed by atoms with Crippen LogP contribution in [0.1, 0.15) is 15.9 Å². The summed E-state index contributed by atoms with van der Waals surface area (Å²) in [5.74, 6) is -0.993. The zero-order valence-corrected chi connectivity index (χ0v) is 21.0. The molecule has 1 saturated heterocycles. The second-order valence-electron chi connectivity index (χ2n) is 8.20. The summed E-state index contributed by atoms with van der Waals surface area (Å²) in [5, 5.41) is 24.6. The number of ether oxygens (including phenoxy) is 1. The lowest BCUT2D eigenvalue weighted by molar-refractivity contribution is -0.274. The van der Waals surface area contributed by atoms with Crippen LogP contribution in [0.3, 0.4) is 0 Å². The molecule has 3 aromatic carbocycles. The van der Waals surface area contributed by atoms with Crippen LogP contribution in [-0.2, 0) is 16.4 Å². The molecule has 0 spiro atoms. The van der Waals surface area contributed by atoms with Crippen LogP contribution in [0.4, 0.5) is 24.5 Å². The number of amides is 1. The summed E-state index contributed by atoms with van der Waals surface area (Å²) in [7, 11) is -4.10. The molecule has 14 heteroatoms. The number of aliphatic hydroxyl groups excluding tert-OH is 2. The summed E-state index contributed by atoms with van der Waals surface area (Å²) in [4.78, 5) is 12.4. The Morgan fingerprint density at radius 2 is 1.68 bits per heavy atom. The fourth-order valence-corrected chi connectivity index (χ4v) is 5.75. The molecule has 1 fully saturated rings. The van der Waals surface area contributed by atoms with Crippen molar-refractivity contribution in [1.82, 2.24) is 5.32 Å². The lowest BCUT2D eigenvalue weighted by Gasteiger charge is -2.14. The maximum absolute atomic E-state index is 12.7. The van der Waals surface area contributed by atoms with Crippen molar-refractivity contribution in [2.24, 2.45) is 0 Å². The molecule has 202 valence electrons. The molecule has 0 bridgehead atoms. The number of sulfonamides is 1. The quantitative estimate of drug-likeness (QED) is 0.278. The van der Waals surface area contributed by atoms with E-state index in [1.165, 1.54) is 36.0 Å². The number of nitrogens with one attached hydrogen (secondary N) is 3. The van der Waals surface area contributed by atoms with Crippen LogP contribution in [-0.4, -0.2) is 47.9 Å². The van der Waals surface area contributed by atoms with E-state index < -0.39 is 39.8 Å². The number of thioether (sulfide) groups is 1. The summed E-state index contributed by atoms with van der Waals surface area (Å²) >= 11 is 1.20. The van der Waals surface area contributed by atoms with Gasteiger partial charge in [-0.2, -0.15) is 0 Å². The van der Waals surface area contributed by atoms with Gasteiger partial charge in [-0.1, -0.05) is 12.1 Å². The summed E-state index contributed by atoms with van der Waals surface area (Å²) < 4.78 is 68.0. The SMILES string of the molecule is O=C(Nc1cccc(CC2SC(O)NC2O)c1)c1ccc(NS(=O)(=O)c2ccc(OC(F)(F)F)cc2)cc1. The van der Waals surface area contributed by atoms with Gasteiger partial charge >= 0.3 is 6.36 Å². The molecule has 0 aromatic heterocycles. The van der Waals surface area contributed by atoms with Crippen LogP contribution in [0.2, 0.25) is 0 Å². The van der Waals surface area contributed by atoms with Gasteiger partial charge in [0.15, 0.2) is 5.56 Å². The third kappa shape index (κ3) is 7.39. The topological polar surface area (TPSA) is 137 Å². The van der Waals surface area contributed by atoms with Gasteiger partial charge in [-0.3, -0.25) is 14.8 Å². The van der Waals surface area contributed by atoms with Gasteiger partial charge < -0.3 is 20.3 Å². The number of carbonyl (C=O) groups is 1. The van der Waals surface area contributed by atoms with Crippen molar-refractivity contribution >= 4 is 39.1 Å². The fraction of sp³-hybridized carbons (Fsp3) is 0.208. The van der Waals surface area contributed by atoms with Crippen LogP contribution in [0.5, 0.6) is 5.75 Å². The third-order valence-electron chi connectivity index (χ3n) is 5.36. The Morgan fingerprint density at radius 1 is 1.00 bits per heavy atom. The summed E-state index contributed by atoms with van der Waals surface area (Å²) in [6.45, 7) is 0. The molecule has 3 unspecified atom stereocenters. The Bertz CT molecular complexity index is 1390. The van der Waals surface area contributed by atoms with Crippen LogP contribution < -0.4 is 20.1 Å². The summed E-state index contributed by atoms with van der Waals surface area (Å²) in [5.41, 5.74) is 0.909. The number of benzene rings is 3. The van der Waals surface area contributed by atoms with Crippen LogP contribution >= 0.6 is 11.8 Å². The number of anilines is 2. The minimum absolute atomic E-state index is 0.141. The van der Waals surface area contributed by atoms with Crippen LogP contribution in [0, 0.1) is 0 Å². The van der Waals surface area contributed by atoms with E-state index in [0.29, 0.717) is 12.1 Å². The monoisotopic (exact) mass is 569 g/mol. The van der Waals surface area contributed by atoms with E-state index in [9.17, 15) is 36.6 Å². The highest BCUT2D eigenvalue weighted by molar-refractivity contribution is 8.00. The van der Waals surface area contributed by atoms with E-state index in [-0.39, 0.29) is 21.4 Å². The van der Waals surface area contributed by atoms with Crippen LogP contribution in [0.25, 0.3) is 0 Å². The number of hydrogen-bond donors (Lipinski definition) is 5. The van der Waals surface area contributed by atoms with Crippen molar-refractivity contribution in [3.63, 3.8) is 0 Å². The molecule has 9 nitrogen and oxygen atoms in total. The minimum Gasteiger partial charge on any atom is -0.406 e. The molecule has 0 radical (unpaired) electrons. The second kappa shape index (κ2) is 11.2. The Labute approximate surface area is 220 Å². The molecule has 3 aromatic rings. The molecule has 38 heavy (non-hydrogen) atoms. The molecule has 5 N–H and O–H groups in total. The Morgan fingerprint density at radius 3 is 2.29 bits per heavy atom. The second-order valence-corrected chi connectivity index (χ2v) is 11.2. The lowest BCUT2D eigenvalue weighted by Crippen LogP contribution is -2.33. The van der Waals surface area contributed by atoms with Gasteiger partial charge in [0.1, 0.15) is 12.0 Å². The number of rotatable bonds is 8. The molecular weight excluding hydrogens is 547 g/mol. The van der Waals surface area contributed by atoms with Gasteiger partial charge in [0, 0.05) is 16.9 Å². The first-order valence-corrected chi connectivity index (χ1v) is 13.5. The Balaban J connectivity index is 1.37. The normalized spacial score (nSPS) is 19.7. The first kappa shape index (κ1) is 27.7. The van der Waals surface area contributed by atoms with E-state index >= 15 is 0 Å². The number of halogens is 3. The van der Waals surface area contributed by atoms with Crippen molar-refractivity contribution < 1.29 is 41.3 Å². The van der Waals surface area contributed by atoms with E-state index in [0.717, 1.165) is 29.8 Å². The summed E-state index contributed by atoms with van der Waals surface area (Å²) in [6, 6.07) is 16.3. The highest BCUT2D eigenvalue weighted by atomic mass is 32.2. The van der Waals surface area contributed by atoms with Gasteiger partial charge in [0.25, 0.3) is 15.9 Å². The maximum atomic E-state index is 12.7. The van der Waals surface area contributed by atoms with Gasteiger partial charge in [0.05, 0.1) is 10.1 Å². The molecule has 1 aliphatic heterocycles. The Kier molecular flexibility index (Phi) is 8.18. The molecule has 1 amide bonds. The predicted molar refractivity (Wildman–Crippen MR) is 135 cm³/mol. The van der Waals surface area contributed by atoms with Gasteiger partial charge in [-0.05, 0) is 72.6 Å². The largest absolute Gasteiger partial charge is 0.573 e. The van der Waals surface area contributed by atoms with Crippen LogP contribution in [0.15, 0.2) is 77.7 Å². The first-order valence-electron chi connectivity index (χ1n) is 11.0. The smallest absolute Gasteiger partial charge is 0.406 e. The summed E-state index contributed by atoms with van der Waals surface area (Å²) in [6.07, 6.45) is -5.28. The van der Waals surface area contributed by atoms with Gasteiger partial charge in [-0.15, -0.1) is 24.9 Å². The molecule has 3 atom stereocenters. The van der Waals surface area contributed by atoms with E-state index in [4.69, 9.17) is 0 Å². The zero-order valence-electron chi connectivity index (χ0n) is 19.3. The first-order chi connectivity index (χ1) is 17.9. The minimum atomic E-state index is -4.89. The van der Waals surface area contributed by atoms with Crippen molar-refractivity contribution in [3.8, 4) is 5.75 Å². The fourth-order valence-electron chi connectivity index (χ4n) is 3.63. The number of alkyl halides is 3. The molecule has 0 saturated carbocycles. The zero-order chi connectivity index (χ0) is 27.5. The average Bonchev–Trinajstić information content (AvgIpc) is 3.15. The van der Waals surface area contributed by atoms with Crippen molar-refractivity contribution in [3.05, 3.63) is 83.9 Å². The standard InChI is InChI=1S/C24H22F3N3O6S2/c25-24(26,27)36-18-8-10-19(11-9-18)38(34,35)30-16-6-4-15(5-7-16)21(31)28-17-3-1-2-14(12-17)13-20-22(32)29-23(33)37-20/h1-12,20,22-23,29-30,32-33H,13H2,(H,28,31). The highest BCUT2D eigenvalue weighted by Crippen LogP contribution is 2.28. The third-order valence-corrected chi connectivity index (χ3v) is 7.92. The predicted octanol–water partition coefficient (Wildman–Crippen LogP) is 3.48. The van der Waals surface area contributed by atoms with E-state index in [1.807, 2.05) is 6.07 Å². The number of aliphatic hydroxyl groups is 2. The maximum Gasteiger partial charge on any atom is 0.573 e. The Hall–Kier alpha value is -3.30. The molecule has 0 aliphatic carbocycles. The van der Waals surface area contributed by atoms with Gasteiger partial charge in [-0.25, -0.2) is 8.42 Å². The molecule has 1 aliphatic rings. The van der Waals surface area contributed by atoms with Crippen molar-refractivity contribution in [2.75, 3.05) is 10.0 Å². The lowest BCUT2D eigenvalue weighted by atomic mass is 10.1. The van der Waals surface area contributed by atoms with Gasteiger partial charge in [0.2, 0.25) is 0 Å². The highest BCUT2D eigenvalue weighted by Gasteiger charge is 2.32. The van der Waals surface area contributed by atoms with E-state index in [2.05, 4.69) is 20.1 Å². The molecule has 1 heterocycles. The number of carbonyl (C=O) groups excluding carboxylic acids is 1. The number of hydrogen-bond acceptors (Lipinski definition) is 8. The molecule has 4 rings (SSSR count). The van der Waals surface area contributed by atoms with E-state index in [1.54, 1.807) is 18.2 Å². The molecular formula is C24H22F3N3O6S2. The van der Waals surface area contributed by atoms with Crippen molar-refractivity contribution in [2.45, 2.75) is 34.7 Å². The average molecular weight is 570 g/mol.